The Balaban J connectivity index is 0. The molecule has 1 unspecified atom stereocenters. The average molecular weight is 514 g/mol. The summed E-state index contributed by atoms with van der Waals surface area (Å²) in [5.41, 5.74) is 0. The molecule has 0 aliphatic carbocycles. The van der Waals surface area contributed by atoms with Crippen molar-refractivity contribution in [3.05, 3.63) is 0 Å². The number of halogens is 1. The van der Waals surface area contributed by atoms with Crippen LogP contribution in [0.4, 0.5) is 0 Å². The molecule has 0 aromatic rings. The number of unbranched alkanes of at least 4 members (excludes halogenated alkanes) is 13. The van der Waals surface area contributed by atoms with Gasteiger partial charge in [-0.3, -0.25) is 4.79 Å². The molecule has 0 saturated heterocycles. The van der Waals surface area contributed by atoms with E-state index in [-0.39, 0.29) is 36.4 Å². The molecule has 0 heterocycles. The molecule has 0 saturated carbocycles. The third-order valence-corrected chi connectivity index (χ3v) is 4.92. The van der Waals surface area contributed by atoms with E-state index in [4.69, 9.17) is 4.74 Å². The van der Waals surface area contributed by atoms with E-state index in [1.165, 1.54) is 77.0 Å². The molecule has 0 aromatic heterocycles. The highest BCUT2D eigenvalue weighted by atomic mass is 127. The second-order valence-corrected chi connectivity index (χ2v) is 9.15. The quantitative estimate of drug-likeness (QED) is 0.125. The largest absolute Gasteiger partial charge is 1.00 e. The molecule has 0 amide bonds. The molecule has 0 radical (unpaired) electrons. The Bertz CT molecular complexity index is 345. The van der Waals surface area contributed by atoms with Crippen LogP contribution < -0.4 is 24.0 Å². The van der Waals surface area contributed by atoms with Crippen molar-refractivity contribution in [1.82, 2.24) is 0 Å². The maximum Gasteiger partial charge on any atom is 0.308 e. The summed E-state index contributed by atoms with van der Waals surface area (Å²) in [4.78, 5) is 11.7. The first-order valence-electron chi connectivity index (χ1n) is 11.5. The molecule has 5 heteroatoms. The van der Waals surface area contributed by atoms with E-state index in [0.717, 1.165) is 12.8 Å². The Morgan fingerprint density at radius 1 is 0.786 bits per heavy atom. The maximum absolute atomic E-state index is 11.7. The Kier molecular flexibility index (Phi) is 22.1. The van der Waals surface area contributed by atoms with Crippen molar-refractivity contribution in [2.75, 3.05) is 34.3 Å². The zero-order valence-corrected chi connectivity index (χ0v) is 21.3. The number of hydrogen-bond donors (Lipinski definition) is 1. The van der Waals surface area contributed by atoms with E-state index in [2.05, 4.69) is 6.92 Å². The summed E-state index contributed by atoms with van der Waals surface area (Å²) in [7, 11) is 6.01. The van der Waals surface area contributed by atoms with Crippen molar-refractivity contribution in [3.63, 3.8) is 0 Å². The number of rotatable bonds is 19. The second-order valence-electron chi connectivity index (χ2n) is 9.15. The molecular weight excluding hydrogens is 465 g/mol. The highest BCUT2D eigenvalue weighted by molar-refractivity contribution is 5.69. The molecular formula is C23H48INO3. The van der Waals surface area contributed by atoms with E-state index in [0.29, 0.717) is 17.6 Å². The number of aliphatic hydroxyl groups excluding tert-OH is 1. The average Bonchev–Trinajstić information content (AvgIpc) is 2.56. The van der Waals surface area contributed by atoms with Gasteiger partial charge in [0.05, 0.1) is 34.2 Å². The maximum atomic E-state index is 11.7. The van der Waals surface area contributed by atoms with Gasteiger partial charge in [-0.1, -0.05) is 90.4 Å². The Hall–Kier alpha value is 0.120. The van der Waals surface area contributed by atoms with Crippen molar-refractivity contribution in [3.8, 4) is 0 Å². The molecule has 0 rings (SSSR count). The van der Waals surface area contributed by atoms with Crippen molar-refractivity contribution in [2.45, 2.75) is 109 Å². The van der Waals surface area contributed by atoms with Crippen LogP contribution in [0.3, 0.4) is 0 Å². The lowest BCUT2D eigenvalue weighted by molar-refractivity contribution is -0.873. The third-order valence-electron chi connectivity index (χ3n) is 4.92. The fraction of sp³-hybridized carbons (Fsp3) is 0.957. The van der Waals surface area contributed by atoms with E-state index in [1.807, 2.05) is 21.1 Å². The molecule has 1 atom stereocenters. The fourth-order valence-electron chi connectivity index (χ4n) is 3.43. The highest BCUT2D eigenvalue weighted by Crippen LogP contribution is 2.13. The molecule has 0 fully saturated rings. The van der Waals surface area contributed by atoms with E-state index >= 15 is 0 Å². The first-order chi connectivity index (χ1) is 12.8. The Labute approximate surface area is 192 Å². The topological polar surface area (TPSA) is 46.5 Å². The minimum absolute atomic E-state index is 0. The summed E-state index contributed by atoms with van der Waals surface area (Å²) in [6, 6.07) is 0. The molecule has 0 aromatic carbocycles. The predicted octanol–water partition coefficient (Wildman–Crippen LogP) is 2.47. The van der Waals surface area contributed by atoms with E-state index in [1.54, 1.807) is 0 Å². The SMILES string of the molecule is CCCCCCCCCCCCCCCCOC(=O)CC(O)C[N+](C)(C)C.[I-]. The van der Waals surface area contributed by atoms with E-state index in [9.17, 15) is 9.90 Å². The molecule has 0 aliphatic rings. The van der Waals surface area contributed by atoms with Gasteiger partial charge in [-0.25, -0.2) is 0 Å². The standard InChI is InChI=1S/C23H48NO3.HI/c1-5-6-7-8-9-10-11-12-13-14-15-16-17-18-19-27-23(26)20-22(25)21-24(2,3)4;/h22,25H,5-21H2,1-4H3;1H/q+1;/p-1. The smallest absolute Gasteiger partial charge is 0.308 e. The monoisotopic (exact) mass is 513 g/mol. The molecule has 0 aliphatic heterocycles. The number of hydrogen-bond acceptors (Lipinski definition) is 3. The van der Waals surface area contributed by atoms with Crippen molar-refractivity contribution >= 4 is 5.97 Å². The summed E-state index contributed by atoms with van der Waals surface area (Å²) in [5, 5.41) is 9.86. The summed E-state index contributed by atoms with van der Waals surface area (Å²) >= 11 is 0. The number of esters is 1. The van der Waals surface area contributed by atoms with Gasteiger partial charge >= 0.3 is 5.97 Å². The number of quaternary nitrogens is 1. The van der Waals surface area contributed by atoms with Crippen molar-refractivity contribution in [2.24, 2.45) is 0 Å². The van der Waals surface area contributed by atoms with Crippen LogP contribution in [-0.4, -0.2) is 56.0 Å². The first-order valence-corrected chi connectivity index (χ1v) is 11.5. The second kappa shape index (κ2) is 20.4. The van der Waals surface area contributed by atoms with Crippen molar-refractivity contribution in [1.29, 1.82) is 0 Å². The van der Waals surface area contributed by atoms with Crippen LogP contribution in [0.15, 0.2) is 0 Å². The van der Waals surface area contributed by atoms with Gasteiger partial charge in [0.25, 0.3) is 0 Å². The van der Waals surface area contributed by atoms with Crippen LogP contribution in [0.25, 0.3) is 0 Å². The van der Waals surface area contributed by atoms with Crippen LogP contribution in [0.2, 0.25) is 0 Å². The van der Waals surface area contributed by atoms with Crippen LogP contribution >= 0.6 is 0 Å². The van der Waals surface area contributed by atoms with Gasteiger partial charge in [-0.15, -0.1) is 0 Å². The molecule has 28 heavy (non-hydrogen) atoms. The Morgan fingerprint density at radius 2 is 1.18 bits per heavy atom. The predicted molar refractivity (Wildman–Crippen MR) is 115 cm³/mol. The minimum atomic E-state index is -0.617. The van der Waals surface area contributed by atoms with Crippen LogP contribution in [-0.2, 0) is 9.53 Å². The summed E-state index contributed by atoms with van der Waals surface area (Å²) in [5.74, 6) is -0.273. The van der Waals surface area contributed by atoms with Gasteiger partial charge in [-0.05, 0) is 6.42 Å². The lowest BCUT2D eigenvalue weighted by Crippen LogP contribution is -3.00. The van der Waals surface area contributed by atoms with Gasteiger partial charge in [0, 0.05) is 0 Å². The first kappa shape index (κ1) is 30.3. The van der Waals surface area contributed by atoms with E-state index < -0.39 is 6.10 Å². The number of likely N-dealkylation sites (N-methyl/N-ethyl adjacent to an activating group) is 1. The number of carbonyl (C=O) groups is 1. The molecule has 1 N–H and O–H groups in total. The highest BCUT2D eigenvalue weighted by Gasteiger charge is 2.19. The van der Waals surface area contributed by atoms with Gasteiger partial charge in [0.1, 0.15) is 12.6 Å². The summed E-state index contributed by atoms with van der Waals surface area (Å²) in [6.07, 6.45) is 18.0. The number of carbonyl (C=O) groups excluding carboxylic acids is 1. The zero-order valence-electron chi connectivity index (χ0n) is 19.2. The lowest BCUT2D eigenvalue weighted by Gasteiger charge is -2.26. The zero-order chi connectivity index (χ0) is 20.4. The summed E-state index contributed by atoms with van der Waals surface area (Å²) in [6.45, 7) is 3.33. The number of aliphatic hydroxyl groups is 1. The Morgan fingerprint density at radius 3 is 1.57 bits per heavy atom. The van der Waals surface area contributed by atoms with Gasteiger partial charge < -0.3 is 38.3 Å². The molecule has 170 valence electrons. The lowest BCUT2D eigenvalue weighted by atomic mass is 10.0. The third kappa shape index (κ3) is 24.2. The molecule has 4 nitrogen and oxygen atoms in total. The van der Waals surface area contributed by atoms with Crippen LogP contribution in [0.1, 0.15) is 103 Å². The number of ether oxygens (including phenoxy) is 1. The van der Waals surface area contributed by atoms with Crippen LogP contribution in [0.5, 0.6) is 0 Å². The minimum Gasteiger partial charge on any atom is -1.00 e. The van der Waals surface area contributed by atoms with Gasteiger partial charge in [-0.2, -0.15) is 0 Å². The van der Waals surface area contributed by atoms with Gasteiger partial charge in [0.15, 0.2) is 0 Å². The number of nitrogens with zero attached hydrogens (tertiary/aromatic N) is 1. The normalized spacial score (nSPS) is 12.5. The van der Waals surface area contributed by atoms with Crippen LogP contribution in [0, 0.1) is 0 Å². The van der Waals surface area contributed by atoms with Gasteiger partial charge in [0.2, 0.25) is 0 Å². The van der Waals surface area contributed by atoms with Crippen molar-refractivity contribution < 1.29 is 43.1 Å². The fourth-order valence-corrected chi connectivity index (χ4v) is 3.43. The summed E-state index contributed by atoms with van der Waals surface area (Å²) < 4.78 is 5.87. The molecule has 0 bridgehead atoms. The molecule has 0 spiro atoms.